The fourth-order valence-electron chi connectivity index (χ4n) is 16.8. The van der Waals surface area contributed by atoms with E-state index in [1.807, 2.05) is 104 Å². The standard InChI is InChI=1S/3C35H22N4S.3Pt/c1-38-30-14-3-2-13-29(30)37-35(38)24-17-18-26-32(22-24)39(25-10-6-9-23(21-25)28-12-4-5-19-36-28)31-15-7-11-27(34(26)31)33-16-8-20-40-33;1-38-32-12-3-2-11-30(32)37-35(38)25-14-16-27-28-21-24(34-13-7-19-40-34)15-17-31(28)39(33(27)22-25)26-9-6-8-23(20-26)29-10-4-5-18-36-29;1-38-31-12-3-2-11-30(31)37-35(38)25-15-17-28-27-16-14-24(34-13-7-19-40-34)21-32(27)39(33(28)22-25)26-9-6-8-23(20-26)29-10-4-5-18-36-29;;;/h2-20H,1H3;2*2-19,21H,1H3;;;/q3*-2;3*+2. The van der Waals surface area contributed by atoms with Crippen LogP contribution in [0.2, 0.25) is 0 Å². The Morgan fingerprint density at radius 3 is 1.07 bits per heavy atom. The first-order chi connectivity index (χ1) is 59.2. The second-order valence-electron chi connectivity index (χ2n) is 29.4. The third-order valence-corrected chi connectivity index (χ3v) is 25.2. The number of aromatic nitrogens is 12. The SMILES string of the molecule is Cn1c(-c2[c-]c3c(cc2)c2c(-c4cccs4)cccc2n3-c2[c-]c(-c3ccccn3)ccc2)nc2ccccc21.Cn1c(-c2[c-]c3c(cc2)c2cc(-c4cccs4)ccc2n3-c2[c-]c(-c3ccccn3)ccc2)nc2ccccc21.Cn1c(-c2[c-]c3c(cc2)c2ccc(-c4cccs4)cc2n3-c2[c-]c(-c3ccccn3)ccc2)nc2ccccc21.[Pt+2].[Pt+2].[Pt+2]. The van der Waals surface area contributed by atoms with Gasteiger partial charge in [-0.15, -0.1) is 195 Å². The molecule has 594 valence electrons. The van der Waals surface area contributed by atoms with Gasteiger partial charge < -0.3 is 42.4 Å². The second-order valence-corrected chi connectivity index (χ2v) is 32.3. The second kappa shape index (κ2) is 33.8. The zero-order valence-corrected chi connectivity index (χ0v) is 75.2. The molecule has 24 aromatic rings. The number of nitrogens with zero attached hydrogens (tertiary/aromatic N) is 12. The Bertz CT molecular complexity index is 7850. The zero-order valence-electron chi connectivity index (χ0n) is 65.9. The van der Waals surface area contributed by atoms with Crippen molar-refractivity contribution in [3.63, 3.8) is 0 Å². The van der Waals surface area contributed by atoms with Crippen LogP contribution < -0.4 is 0 Å². The molecule has 18 heteroatoms. The summed E-state index contributed by atoms with van der Waals surface area (Å²) in [5.74, 6) is 2.68. The van der Waals surface area contributed by atoms with Gasteiger partial charge >= 0.3 is 63.2 Å². The van der Waals surface area contributed by atoms with Gasteiger partial charge in [0.25, 0.3) is 0 Å². The number of benzene rings is 12. The van der Waals surface area contributed by atoms with E-state index in [0.29, 0.717) is 0 Å². The first-order valence-electron chi connectivity index (χ1n) is 39.5. The normalized spacial score (nSPS) is 11.3. The molecule has 0 radical (unpaired) electrons. The Balaban J connectivity index is 0.000000120. The Kier molecular flexibility index (Phi) is 21.9. The summed E-state index contributed by atoms with van der Waals surface area (Å²) in [7, 11) is 6.20. The van der Waals surface area contributed by atoms with E-state index in [0.717, 1.165) is 167 Å². The van der Waals surface area contributed by atoms with E-state index < -0.39 is 0 Å². The van der Waals surface area contributed by atoms with E-state index in [1.165, 1.54) is 47.5 Å². The van der Waals surface area contributed by atoms with Crippen molar-refractivity contribution in [2.45, 2.75) is 0 Å². The molecule has 24 rings (SSSR count). The van der Waals surface area contributed by atoms with Gasteiger partial charge in [0.2, 0.25) is 0 Å². The van der Waals surface area contributed by atoms with Crippen LogP contribution in [-0.2, 0) is 84.3 Å². The number of pyridine rings is 3. The number of fused-ring (bicyclic) bond motifs is 12. The summed E-state index contributed by atoms with van der Waals surface area (Å²) in [6, 6.07) is 129. The Morgan fingerprint density at radius 1 is 0.260 bits per heavy atom. The number of hydrogen-bond donors (Lipinski definition) is 0. The summed E-state index contributed by atoms with van der Waals surface area (Å²) in [5, 5.41) is 13.4. The molecule has 0 saturated heterocycles. The van der Waals surface area contributed by atoms with Crippen LogP contribution in [0.1, 0.15) is 0 Å². The zero-order chi connectivity index (χ0) is 79.9. The summed E-state index contributed by atoms with van der Waals surface area (Å²) in [6.45, 7) is 0. The third kappa shape index (κ3) is 14.5. The van der Waals surface area contributed by atoms with Crippen LogP contribution >= 0.6 is 34.0 Å². The van der Waals surface area contributed by atoms with Gasteiger partial charge in [-0.2, -0.15) is 0 Å². The fourth-order valence-corrected chi connectivity index (χ4v) is 19.0. The first-order valence-corrected chi connectivity index (χ1v) is 42.1. The molecular formula is C105H66N12Pt3S3. The van der Waals surface area contributed by atoms with Crippen molar-refractivity contribution in [3.8, 4) is 116 Å². The number of hydrogen-bond acceptors (Lipinski definition) is 9. The van der Waals surface area contributed by atoms with Crippen LogP contribution in [0.5, 0.6) is 0 Å². The quantitative estimate of drug-likeness (QED) is 0.113. The largest absolute Gasteiger partial charge is 2.00 e. The minimum Gasteiger partial charge on any atom is -0.367 e. The molecule has 0 aliphatic heterocycles. The molecule has 0 bridgehead atoms. The third-order valence-electron chi connectivity index (χ3n) is 22.4. The molecule has 12 aromatic heterocycles. The van der Waals surface area contributed by atoms with Gasteiger partial charge in [0, 0.05) is 70.9 Å². The molecule has 0 amide bonds. The van der Waals surface area contributed by atoms with Crippen molar-refractivity contribution in [1.29, 1.82) is 0 Å². The molecule has 0 aliphatic rings. The number of aryl methyl sites for hydroxylation is 3. The topological polar surface area (TPSA) is 107 Å². The van der Waals surface area contributed by atoms with Crippen LogP contribution in [0.3, 0.4) is 0 Å². The van der Waals surface area contributed by atoms with Gasteiger partial charge in [0.15, 0.2) is 0 Å². The number of rotatable bonds is 12. The van der Waals surface area contributed by atoms with Gasteiger partial charge in [-0.3, -0.25) is 15.0 Å². The molecule has 0 saturated carbocycles. The summed E-state index contributed by atoms with van der Waals surface area (Å²) < 4.78 is 13.2. The monoisotopic (exact) mass is 2180 g/mol. The van der Waals surface area contributed by atoms with Gasteiger partial charge in [0.05, 0.1) is 50.6 Å². The van der Waals surface area contributed by atoms with Crippen molar-refractivity contribution >= 4 is 133 Å². The predicted molar refractivity (Wildman–Crippen MR) is 494 cm³/mol. The summed E-state index contributed by atoms with van der Waals surface area (Å²) in [4.78, 5) is 32.3. The van der Waals surface area contributed by atoms with Gasteiger partial charge in [0.1, 0.15) is 0 Å². The molecule has 0 spiro atoms. The van der Waals surface area contributed by atoms with Crippen LogP contribution in [0.4, 0.5) is 0 Å². The molecule has 0 fully saturated rings. The smallest absolute Gasteiger partial charge is 0.367 e. The van der Waals surface area contributed by atoms with Crippen molar-refractivity contribution in [3.05, 3.63) is 381 Å². The number of thiophene rings is 3. The first kappa shape index (κ1) is 79.8. The van der Waals surface area contributed by atoms with E-state index in [4.69, 9.17) is 15.0 Å². The summed E-state index contributed by atoms with van der Waals surface area (Å²) in [5.41, 5.74) is 27.5. The minimum absolute atomic E-state index is 0. The maximum absolute atomic E-state index is 4.97. The summed E-state index contributed by atoms with van der Waals surface area (Å²) in [6.07, 6.45) is 5.46. The molecule has 123 heavy (non-hydrogen) atoms. The molecule has 12 nitrogen and oxygen atoms in total. The van der Waals surface area contributed by atoms with Crippen LogP contribution in [-0.4, -0.2) is 57.3 Å². The summed E-state index contributed by atoms with van der Waals surface area (Å²) >= 11 is 5.27. The van der Waals surface area contributed by atoms with E-state index in [2.05, 4.69) is 340 Å². The van der Waals surface area contributed by atoms with E-state index in [1.54, 1.807) is 34.0 Å². The average Bonchev–Trinajstić information content (AvgIpc) is 1.59. The Hall–Kier alpha value is -12.9. The van der Waals surface area contributed by atoms with Crippen LogP contribution in [0, 0.1) is 36.4 Å². The number of para-hydroxylation sites is 6. The van der Waals surface area contributed by atoms with E-state index >= 15 is 0 Å². The molecular weight excluding hydrogens is 2110 g/mol. The molecule has 0 N–H and O–H groups in total. The van der Waals surface area contributed by atoms with Crippen molar-refractivity contribution in [2.24, 2.45) is 21.1 Å². The Morgan fingerprint density at radius 2 is 0.634 bits per heavy atom. The maximum Gasteiger partial charge on any atom is 2.00 e. The minimum atomic E-state index is 0. The maximum atomic E-state index is 4.97. The van der Waals surface area contributed by atoms with Gasteiger partial charge in [-0.25, -0.2) is 0 Å². The molecule has 12 aromatic carbocycles. The predicted octanol–water partition coefficient (Wildman–Crippen LogP) is 26.2. The van der Waals surface area contributed by atoms with Gasteiger partial charge in [-0.05, 0) is 191 Å². The fraction of sp³-hybridized carbons (Fsp3) is 0.0286. The van der Waals surface area contributed by atoms with Crippen molar-refractivity contribution < 1.29 is 63.2 Å². The molecule has 0 unspecified atom stereocenters. The van der Waals surface area contributed by atoms with Crippen molar-refractivity contribution in [1.82, 2.24) is 57.3 Å². The van der Waals surface area contributed by atoms with Crippen LogP contribution in [0.15, 0.2) is 344 Å². The van der Waals surface area contributed by atoms with Gasteiger partial charge in [-0.1, -0.05) is 144 Å². The number of imidazole rings is 3. The average molecular weight is 2180 g/mol. The molecule has 0 atom stereocenters. The Labute approximate surface area is 763 Å². The molecule has 0 aliphatic carbocycles. The van der Waals surface area contributed by atoms with E-state index in [9.17, 15) is 0 Å². The van der Waals surface area contributed by atoms with Crippen molar-refractivity contribution in [2.75, 3.05) is 0 Å². The molecule has 12 heterocycles. The van der Waals surface area contributed by atoms with E-state index in [-0.39, 0.29) is 63.2 Å². The van der Waals surface area contributed by atoms with Crippen LogP contribution in [0.25, 0.3) is 215 Å².